The summed E-state index contributed by atoms with van der Waals surface area (Å²) >= 11 is 0. The fraction of sp³-hybridized carbons (Fsp3) is 0.500. The van der Waals surface area contributed by atoms with Gasteiger partial charge in [0.05, 0.1) is 24.7 Å². The van der Waals surface area contributed by atoms with Gasteiger partial charge in [0.25, 0.3) is 0 Å². The van der Waals surface area contributed by atoms with E-state index in [9.17, 15) is 8.42 Å². The first-order chi connectivity index (χ1) is 13.5. The zero-order valence-electron chi connectivity index (χ0n) is 17.8. The number of anilines is 1. The standard InChI is InChI=1S/C22H30N2O4S/c1-16-14-27-11-10-24(16)18-12-20(23-21(13-18)28-22(2,3)4)19-9-7-6-8-17(19)15-29(5,25)26/h6-9,12-13,16H,10-11,14-15H2,1-5H3/t16-/m1/s1. The van der Waals surface area contributed by atoms with E-state index < -0.39 is 15.4 Å². The lowest BCUT2D eigenvalue weighted by Gasteiger charge is -2.35. The number of hydrogen-bond donors (Lipinski definition) is 0. The van der Waals surface area contributed by atoms with E-state index in [1.807, 2.05) is 57.2 Å². The maximum Gasteiger partial charge on any atom is 0.216 e. The predicted molar refractivity (Wildman–Crippen MR) is 116 cm³/mol. The number of hydrogen-bond acceptors (Lipinski definition) is 6. The molecule has 0 bridgehead atoms. The molecular formula is C22H30N2O4S. The molecule has 0 aliphatic carbocycles. The van der Waals surface area contributed by atoms with Crippen molar-refractivity contribution in [3.63, 3.8) is 0 Å². The Bertz CT molecular complexity index is 967. The van der Waals surface area contributed by atoms with Gasteiger partial charge in [-0.3, -0.25) is 0 Å². The Morgan fingerprint density at radius 3 is 2.62 bits per heavy atom. The SMILES string of the molecule is C[C@@H]1COCCN1c1cc(OC(C)(C)C)nc(-c2ccccc2CS(C)(=O)=O)c1. The van der Waals surface area contributed by atoms with Crippen LogP contribution in [0.4, 0.5) is 5.69 Å². The second-order valence-electron chi connectivity index (χ2n) is 8.61. The summed E-state index contributed by atoms with van der Waals surface area (Å²) in [5, 5.41) is 0. The lowest BCUT2D eigenvalue weighted by molar-refractivity contribution is 0.0986. The van der Waals surface area contributed by atoms with E-state index >= 15 is 0 Å². The summed E-state index contributed by atoms with van der Waals surface area (Å²) in [5.74, 6) is 0.497. The maximum absolute atomic E-state index is 11.9. The molecule has 1 saturated heterocycles. The second kappa shape index (κ2) is 8.32. The first-order valence-corrected chi connectivity index (χ1v) is 11.9. The van der Waals surface area contributed by atoms with Crippen LogP contribution in [0.25, 0.3) is 11.3 Å². The van der Waals surface area contributed by atoms with Crippen molar-refractivity contribution in [2.45, 2.75) is 45.1 Å². The zero-order valence-corrected chi connectivity index (χ0v) is 18.6. The molecule has 0 saturated carbocycles. The van der Waals surface area contributed by atoms with Crippen LogP contribution < -0.4 is 9.64 Å². The molecule has 2 aromatic rings. The monoisotopic (exact) mass is 418 g/mol. The normalized spacial score (nSPS) is 18.0. The Morgan fingerprint density at radius 1 is 1.24 bits per heavy atom. The molecule has 29 heavy (non-hydrogen) atoms. The molecule has 1 aromatic heterocycles. The molecule has 7 heteroatoms. The predicted octanol–water partition coefficient (Wildman–Crippen LogP) is 3.70. The van der Waals surface area contributed by atoms with E-state index in [2.05, 4.69) is 11.8 Å². The lowest BCUT2D eigenvalue weighted by atomic mass is 10.0. The minimum Gasteiger partial charge on any atom is -0.472 e. The third kappa shape index (κ3) is 5.93. The highest BCUT2D eigenvalue weighted by Gasteiger charge is 2.23. The molecule has 1 fully saturated rings. The van der Waals surface area contributed by atoms with Crippen LogP contribution in [-0.4, -0.2) is 51.1 Å². The topological polar surface area (TPSA) is 68.7 Å². The van der Waals surface area contributed by atoms with Crippen molar-refractivity contribution in [2.75, 3.05) is 30.9 Å². The average molecular weight is 419 g/mol. The fourth-order valence-electron chi connectivity index (χ4n) is 3.45. The molecule has 2 heterocycles. The van der Waals surface area contributed by atoms with Crippen molar-refractivity contribution in [3.8, 4) is 17.1 Å². The minimum atomic E-state index is -3.17. The van der Waals surface area contributed by atoms with Gasteiger partial charge in [0.15, 0.2) is 9.84 Å². The number of nitrogens with zero attached hydrogens (tertiary/aromatic N) is 2. The molecule has 1 atom stereocenters. The number of ether oxygens (including phenoxy) is 2. The number of rotatable bonds is 5. The van der Waals surface area contributed by atoms with E-state index in [0.717, 1.165) is 23.4 Å². The van der Waals surface area contributed by atoms with Gasteiger partial charge in [-0.15, -0.1) is 0 Å². The lowest BCUT2D eigenvalue weighted by Crippen LogP contribution is -2.43. The van der Waals surface area contributed by atoms with Gasteiger partial charge >= 0.3 is 0 Å². The first kappa shape index (κ1) is 21.6. The van der Waals surface area contributed by atoms with E-state index in [4.69, 9.17) is 14.5 Å². The van der Waals surface area contributed by atoms with Gasteiger partial charge in [-0.05, 0) is 39.3 Å². The maximum atomic E-state index is 11.9. The van der Waals surface area contributed by atoms with Crippen LogP contribution in [0.5, 0.6) is 5.88 Å². The molecule has 0 unspecified atom stereocenters. The van der Waals surface area contributed by atoms with E-state index in [1.54, 1.807) is 0 Å². The Kier molecular flexibility index (Phi) is 6.19. The molecule has 1 aliphatic rings. The van der Waals surface area contributed by atoms with Crippen LogP contribution in [0, 0.1) is 0 Å². The van der Waals surface area contributed by atoms with Gasteiger partial charge in [-0.25, -0.2) is 13.4 Å². The van der Waals surface area contributed by atoms with Gasteiger partial charge in [0, 0.05) is 36.2 Å². The van der Waals surface area contributed by atoms with Gasteiger partial charge in [-0.1, -0.05) is 24.3 Å². The summed E-state index contributed by atoms with van der Waals surface area (Å²) in [5.41, 5.74) is 2.85. The first-order valence-electron chi connectivity index (χ1n) is 9.83. The molecule has 0 radical (unpaired) electrons. The second-order valence-corrected chi connectivity index (χ2v) is 10.7. The molecule has 1 aliphatic heterocycles. The molecule has 158 valence electrons. The third-order valence-corrected chi connectivity index (χ3v) is 5.44. The van der Waals surface area contributed by atoms with Crippen LogP contribution in [-0.2, 0) is 20.3 Å². The summed E-state index contributed by atoms with van der Waals surface area (Å²) in [7, 11) is -3.17. The van der Waals surface area contributed by atoms with Crippen molar-refractivity contribution in [2.24, 2.45) is 0 Å². The van der Waals surface area contributed by atoms with Crippen LogP contribution in [0.2, 0.25) is 0 Å². The Hall–Kier alpha value is -2.12. The molecule has 0 spiro atoms. The number of sulfone groups is 1. The number of benzene rings is 1. The number of pyridine rings is 1. The van der Waals surface area contributed by atoms with Crippen molar-refractivity contribution in [3.05, 3.63) is 42.0 Å². The molecule has 1 aromatic carbocycles. The van der Waals surface area contributed by atoms with Gasteiger partial charge in [0.2, 0.25) is 5.88 Å². The highest BCUT2D eigenvalue weighted by Crippen LogP contribution is 2.32. The molecule has 0 amide bonds. The molecular weight excluding hydrogens is 388 g/mol. The zero-order chi connectivity index (χ0) is 21.2. The summed E-state index contributed by atoms with van der Waals surface area (Å²) in [6.45, 7) is 10.2. The fourth-order valence-corrected chi connectivity index (χ4v) is 4.27. The van der Waals surface area contributed by atoms with Crippen molar-refractivity contribution in [1.29, 1.82) is 0 Å². The summed E-state index contributed by atoms with van der Waals surface area (Å²) in [6, 6.07) is 11.7. The minimum absolute atomic E-state index is 0.0293. The Balaban J connectivity index is 2.11. The van der Waals surface area contributed by atoms with E-state index in [-0.39, 0.29) is 11.8 Å². The van der Waals surface area contributed by atoms with Gasteiger partial charge in [0.1, 0.15) is 5.60 Å². The van der Waals surface area contributed by atoms with Crippen molar-refractivity contribution < 1.29 is 17.9 Å². The summed E-state index contributed by atoms with van der Waals surface area (Å²) < 4.78 is 35.5. The molecule has 3 rings (SSSR count). The number of aromatic nitrogens is 1. The van der Waals surface area contributed by atoms with E-state index in [0.29, 0.717) is 24.8 Å². The van der Waals surface area contributed by atoms with Crippen LogP contribution >= 0.6 is 0 Å². The largest absolute Gasteiger partial charge is 0.472 e. The summed E-state index contributed by atoms with van der Waals surface area (Å²) in [6.07, 6.45) is 1.25. The van der Waals surface area contributed by atoms with Gasteiger partial charge in [-0.2, -0.15) is 0 Å². The van der Waals surface area contributed by atoms with Crippen LogP contribution in [0.3, 0.4) is 0 Å². The van der Waals surface area contributed by atoms with Crippen molar-refractivity contribution in [1.82, 2.24) is 4.98 Å². The molecule has 0 N–H and O–H groups in total. The van der Waals surface area contributed by atoms with Crippen LogP contribution in [0.15, 0.2) is 36.4 Å². The van der Waals surface area contributed by atoms with Crippen molar-refractivity contribution >= 4 is 15.5 Å². The Labute approximate surface area is 173 Å². The smallest absolute Gasteiger partial charge is 0.216 e. The average Bonchev–Trinajstić information content (AvgIpc) is 2.59. The highest BCUT2D eigenvalue weighted by atomic mass is 32.2. The highest BCUT2D eigenvalue weighted by molar-refractivity contribution is 7.89. The van der Waals surface area contributed by atoms with Gasteiger partial charge < -0.3 is 14.4 Å². The third-order valence-electron chi connectivity index (χ3n) is 4.61. The van der Waals surface area contributed by atoms with E-state index in [1.165, 1.54) is 6.26 Å². The quantitative estimate of drug-likeness (QED) is 0.738. The Morgan fingerprint density at radius 2 is 1.97 bits per heavy atom. The number of morpholine rings is 1. The summed E-state index contributed by atoms with van der Waals surface area (Å²) in [4.78, 5) is 7.01. The van der Waals surface area contributed by atoms with Crippen LogP contribution in [0.1, 0.15) is 33.3 Å². The molecule has 6 nitrogen and oxygen atoms in total.